The molecule has 8 nitrogen and oxygen atoms in total. The highest BCUT2D eigenvalue weighted by atomic mass is 35.5. The van der Waals surface area contributed by atoms with Crippen molar-refractivity contribution >= 4 is 62.5 Å². The van der Waals surface area contributed by atoms with E-state index in [1.165, 1.54) is 29.1 Å². The van der Waals surface area contributed by atoms with E-state index in [0.29, 0.717) is 16.2 Å². The number of nitrogens with zero attached hydrogens (tertiary/aromatic N) is 3. The van der Waals surface area contributed by atoms with Gasteiger partial charge >= 0.3 is 5.97 Å². The highest BCUT2D eigenvalue weighted by Crippen LogP contribution is 2.26. The normalized spacial score (nSPS) is 14.5. The van der Waals surface area contributed by atoms with E-state index in [9.17, 15) is 19.2 Å². The van der Waals surface area contributed by atoms with E-state index in [0.717, 1.165) is 9.60 Å². The highest BCUT2D eigenvalue weighted by molar-refractivity contribution is 7.16. The fourth-order valence-corrected chi connectivity index (χ4v) is 4.69. The van der Waals surface area contributed by atoms with E-state index in [2.05, 4.69) is 4.99 Å². The second-order valence-electron chi connectivity index (χ2n) is 6.72. The average Bonchev–Trinajstić information content (AvgIpc) is 3.27. The molecule has 0 atom stereocenters. The maximum atomic E-state index is 12.9. The summed E-state index contributed by atoms with van der Waals surface area (Å²) in [5.74, 6) is -1.70. The van der Waals surface area contributed by atoms with Crippen LogP contribution in [0.5, 0.6) is 0 Å². The number of imide groups is 1. The Hall–Kier alpha value is -3.30. The Bertz CT molecular complexity index is 1290. The second-order valence-corrected chi connectivity index (χ2v) is 8.14. The second kappa shape index (κ2) is 8.44. The number of fused-ring (bicyclic) bond motifs is 1. The predicted molar refractivity (Wildman–Crippen MR) is 115 cm³/mol. The van der Waals surface area contributed by atoms with E-state index in [1.54, 1.807) is 30.3 Å². The summed E-state index contributed by atoms with van der Waals surface area (Å²) in [6.45, 7) is -0.164. The Labute approximate surface area is 185 Å². The Morgan fingerprint density at radius 1 is 1.13 bits per heavy atom. The molecular formula is C21H16ClN3O5S. The van der Waals surface area contributed by atoms with Crippen LogP contribution in [0.2, 0.25) is 5.02 Å². The van der Waals surface area contributed by atoms with Gasteiger partial charge in [-0.15, -0.1) is 0 Å². The van der Waals surface area contributed by atoms with Crippen LogP contribution in [-0.4, -0.2) is 35.4 Å². The van der Waals surface area contributed by atoms with E-state index in [4.69, 9.17) is 16.3 Å². The Morgan fingerprint density at radius 3 is 2.55 bits per heavy atom. The summed E-state index contributed by atoms with van der Waals surface area (Å²) >= 11 is 7.52. The van der Waals surface area contributed by atoms with Crippen LogP contribution in [0, 0.1) is 0 Å². The molecule has 1 aliphatic heterocycles. The van der Waals surface area contributed by atoms with Crippen molar-refractivity contribution in [3.63, 3.8) is 0 Å². The summed E-state index contributed by atoms with van der Waals surface area (Å²) in [4.78, 5) is 54.4. The summed E-state index contributed by atoms with van der Waals surface area (Å²) in [5, 5.41) is 0.416. The number of methoxy groups -OCH3 is 1. The van der Waals surface area contributed by atoms with E-state index >= 15 is 0 Å². The van der Waals surface area contributed by atoms with Gasteiger partial charge in [0.2, 0.25) is 11.8 Å². The summed E-state index contributed by atoms with van der Waals surface area (Å²) in [6, 6.07) is 11.4. The first kappa shape index (κ1) is 21.0. The van der Waals surface area contributed by atoms with Gasteiger partial charge in [0.05, 0.1) is 28.0 Å². The molecule has 3 aromatic rings. The molecule has 4 rings (SSSR count). The van der Waals surface area contributed by atoms with Crippen molar-refractivity contribution in [1.82, 2.24) is 4.57 Å². The molecular weight excluding hydrogens is 442 g/mol. The summed E-state index contributed by atoms with van der Waals surface area (Å²) in [7, 11) is 1.27. The smallest absolute Gasteiger partial charge is 0.325 e. The minimum Gasteiger partial charge on any atom is -0.468 e. The van der Waals surface area contributed by atoms with Crippen molar-refractivity contribution < 1.29 is 23.9 Å². The number of para-hydroxylation sites is 1. The molecule has 0 saturated carbocycles. The van der Waals surface area contributed by atoms with Crippen LogP contribution >= 0.6 is 22.9 Å². The monoisotopic (exact) mass is 457 g/mol. The summed E-state index contributed by atoms with van der Waals surface area (Å²) in [5.41, 5.74) is 1.11. The number of carbonyl (C=O) groups is 4. The Morgan fingerprint density at radius 2 is 1.84 bits per heavy atom. The number of hydrogen-bond acceptors (Lipinski definition) is 6. The van der Waals surface area contributed by atoms with Crippen molar-refractivity contribution in [2.24, 2.45) is 4.99 Å². The third-order valence-corrected chi connectivity index (χ3v) is 6.12. The van der Waals surface area contributed by atoms with Gasteiger partial charge in [-0.3, -0.25) is 24.1 Å². The first-order chi connectivity index (χ1) is 14.9. The van der Waals surface area contributed by atoms with Crippen LogP contribution in [-0.2, 0) is 25.7 Å². The Kier molecular flexibility index (Phi) is 5.71. The topological polar surface area (TPSA) is 98.0 Å². The quantitative estimate of drug-likeness (QED) is 0.443. The predicted octanol–water partition coefficient (Wildman–Crippen LogP) is 2.92. The molecule has 1 aromatic heterocycles. The van der Waals surface area contributed by atoms with Gasteiger partial charge in [0.25, 0.3) is 5.91 Å². The number of aromatic nitrogens is 1. The molecule has 0 radical (unpaired) electrons. The molecule has 0 N–H and O–H groups in total. The van der Waals surface area contributed by atoms with Gasteiger partial charge in [-0.2, -0.15) is 4.99 Å². The third kappa shape index (κ3) is 4.01. The van der Waals surface area contributed by atoms with Crippen molar-refractivity contribution in [2.45, 2.75) is 19.4 Å². The zero-order valence-corrected chi connectivity index (χ0v) is 17.9. The minimum absolute atomic E-state index is 0.150. The summed E-state index contributed by atoms with van der Waals surface area (Å²) in [6.07, 6.45) is 0.301. The number of ether oxygens (including phenoxy) is 1. The molecule has 3 amide bonds. The lowest BCUT2D eigenvalue weighted by molar-refractivity contribution is -0.141. The molecule has 158 valence electrons. The fraction of sp³-hybridized carbons (Fsp3) is 0.190. The Balaban J connectivity index is 1.78. The van der Waals surface area contributed by atoms with Crippen molar-refractivity contribution in [3.05, 3.63) is 57.9 Å². The standard InChI is InChI=1S/C21H16ClN3O5S/c1-30-18(28)11-24-19-14(22)6-3-7-15(19)31-21(24)23-20(29)12-4-2-5-13(10-12)25-16(26)8-9-17(25)27/h2-7,10H,8-9,11H2,1H3. The zero-order valence-electron chi connectivity index (χ0n) is 16.3. The van der Waals surface area contributed by atoms with Gasteiger partial charge in [0.1, 0.15) is 6.54 Å². The number of esters is 1. The maximum absolute atomic E-state index is 12.9. The molecule has 1 saturated heterocycles. The third-order valence-electron chi connectivity index (χ3n) is 4.77. The number of halogens is 1. The van der Waals surface area contributed by atoms with Crippen LogP contribution < -0.4 is 9.70 Å². The van der Waals surface area contributed by atoms with Gasteiger partial charge in [-0.25, -0.2) is 0 Å². The fourth-order valence-electron chi connectivity index (χ4n) is 3.31. The SMILES string of the molecule is COC(=O)Cn1c(=NC(=O)c2cccc(N3C(=O)CCC3=O)c2)sc2cccc(Cl)c21. The lowest BCUT2D eigenvalue weighted by Gasteiger charge is -2.14. The van der Waals surface area contributed by atoms with Crippen LogP contribution in [0.1, 0.15) is 23.2 Å². The van der Waals surface area contributed by atoms with Gasteiger partial charge in [0.15, 0.2) is 4.80 Å². The number of hydrogen-bond donors (Lipinski definition) is 0. The van der Waals surface area contributed by atoms with Gasteiger partial charge in [0, 0.05) is 18.4 Å². The number of carbonyl (C=O) groups excluding carboxylic acids is 4. The van der Waals surface area contributed by atoms with Gasteiger partial charge in [-0.05, 0) is 30.3 Å². The highest BCUT2D eigenvalue weighted by Gasteiger charge is 2.30. The summed E-state index contributed by atoms with van der Waals surface area (Å²) < 4.78 is 7.04. The average molecular weight is 458 g/mol. The van der Waals surface area contributed by atoms with E-state index in [1.807, 2.05) is 6.07 Å². The maximum Gasteiger partial charge on any atom is 0.325 e. The van der Waals surface area contributed by atoms with E-state index < -0.39 is 11.9 Å². The lowest BCUT2D eigenvalue weighted by atomic mass is 10.2. The van der Waals surface area contributed by atoms with Crippen LogP contribution in [0.4, 0.5) is 5.69 Å². The molecule has 0 spiro atoms. The number of thiazole rings is 1. The molecule has 31 heavy (non-hydrogen) atoms. The lowest BCUT2D eigenvalue weighted by Crippen LogP contribution is -2.28. The van der Waals surface area contributed by atoms with Gasteiger partial charge < -0.3 is 9.30 Å². The molecule has 10 heteroatoms. The molecule has 1 aliphatic rings. The first-order valence-electron chi connectivity index (χ1n) is 9.28. The van der Waals surface area contributed by atoms with Crippen molar-refractivity contribution in [1.29, 1.82) is 0 Å². The van der Waals surface area contributed by atoms with Crippen LogP contribution in [0.25, 0.3) is 10.2 Å². The first-order valence-corrected chi connectivity index (χ1v) is 10.5. The molecule has 1 fully saturated rings. The number of amides is 3. The number of benzene rings is 2. The number of rotatable bonds is 4. The largest absolute Gasteiger partial charge is 0.468 e. The van der Waals surface area contributed by atoms with Crippen molar-refractivity contribution in [3.8, 4) is 0 Å². The van der Waals surface area contributed by atoms with Gasteiger partial charge in [-0.1, -0.05) is 35.1 Å². The van der Waals surface area contributed by atoms with Crippen LogP contribution in [0.15, 0.2) is 47.5 Å². The van der Waals surface area contributed by atoms with Crippen molar-refractivity contribution in [2.75, 3.05) is 12.0 Å². The molecule has 2 aromatic carbocycles. The molecule has 2 heterocycles. The van der Waals surface area contributed by atoms with E-state index in [-0.39, 0.29) is 41.6 Å². The molecule has 0 aliphatic carbocycles. The number of anilines is 1. The molecule has 0 unspecified atom stereocenters. The minimum atomic E-state index is -0.581. The zero-order chi connectivity index (χ0) is 22.1. The molecule has 0 bridgehead atoms. The van der Waals surface area contributed by atoms with Crippen LogP contribution in [0.3, 0.4) is 0 Å².